The fraction of sp³-hybridized carbons (Fsp3) is 0.222. The van der Waals surface area contributed by atoms with E-state index in [2.05, 4.69) is 0 Å². The quantitative estimate of drug-likeness (QED) is 0.813. The molecule has 1 unspecified atom stereocenters. The van der Waals surface area contributed by atoms with Gasteiger partial charge in [-0.15, -0.1) is 0 Å². The van der Waals surface area contributed by atoms with Gasteiger partial charge in [0.25, 0.3) is 9.05 Å². The number of fused-ring (bicyclic) bond motifs is 1. The van der Waals surface area contributed by atoms with Gasteiger partial charge >= 0.3 is 5.97 Å². The van der Waals surface area contributed by atoms with Crippen LogP contribution in [0.3, 0.4) is 0 Å². The summed E-state index contributed by atoms with van der Waals surface area (Å²) in [6.45, 7) is -0.344. The minimum atomic E-state index is -3.92. The summed E-state index contributed by atoms with van der Waals surface area (Å²) in [6.07, 6.45) is 0. The van der Waals surface area contributed by atoms with Crippen LogP contribution in [0.15, 0.2) is 18.2 Å². The Morgan fingerprint density at radius 1 is 1.47 bits per heavy atom. The van der Waals surface area contributed by atoms with Crippen LogP contribution in [0.1, 0.15) is 10.4 Å². The summed E-state index contributed by atoms with van der Waals surface area (Å²) in [5.41, 5.74) is -1.42. The minimum Gasteiger partial charge on any atom is -0.484 e. The van der Waals surface area contributed by atoms with Crippen molar-refractivity contribution in [3.05, 3.63) is 23.8 Å². The first-order valence-electron chi connectivity index (χ1n) is 4.49. The Bertz CT molecular complexity index is 567. The smallest absolute Gasteiger partial charge is 0.339 e. The number of halogens is 1. The van der Waals surface area contributed by atoms with Crippen molar-refractivity contribution in [2.45, 2.75) is 5.44 Å². The Balaban J connectivity index is 2.41. The molecule has 0 saturated carbocycles. The zero-order chi connectivity index (χ0) is 12.6. The van der Waals surface area contributed by atoms with E-state index in [0.29, 0.717) is 0 Å². The normalized spacial score (nSPS) is 18.8. The number of hydrogen-bond donors (Lipinski definition) is 1. The molecular weight excluding hydrogens is 272 g/mol. The standard InChI is InChI=1S/C9H7ClO6S/c10-17(13,14)7-4-15-8-5(9(11)12)2-1-3-6(8)16-7/h1-3,7H,4H2,(H,11,12). The first-order chi connectivity index (χ1) is 7.89. The average molecular weight is 279 g/mol. The Morgan fingerprint density at radius 3 is 2.76 bits per heavy atom. The van der Waals surface area contributed by atoms with Crippen molar-refractivity contribution < 1.29 is 27.8 Å². The van der Waals surface area contributed by atoms with Gasteiger partial charge in [-0.05, 0) is 12.1 Å². The van der Waals surface area contributed by atoms with E-state index < -0.39 is 20.5 Å². The van der Waals surface area contributed by atoms with Gasteiger partial charge in [-0.1, -0.05) is 6.07 Å². The number of ether oxygens (including phenoxy) is 2. The SMILES string of the molecule is O=C(O)c1cccc2c1OCC(S(=O)(=O)Cl)O2. The lowest BCUT2D eigenvalue weighted by molar-refractivity contribution is 0.0683. The molecule has 1 aliphatic heterocycles. The number of hydrogen-bond acceptors (Lipinski definition) is 5. The van der Waals surface area contributed by atoms with Crippen molar-refractivity contribution in [2.24, 2.45) is 0 Å². The van der Waals surface area contributed by atoms with Gasteiger partial charge in [0.15, 0.2) is 11.5 Å². The maximum absolute atomic E-state index is 11.1. The van der Waals surface area contributed by atoms with E-state index in [1.165, 1.54) is 18.2 Å². The number of carboxylic acid groups (broad SMARTS) is 1. The van der Waals surface area contributed by atoms with Crippen LogP contribution in [-0.2, 0) is 9.05 Å². The third-order valence-electron chi connectivity index (χ3n) is 2.15. The van der Waals surface area contributed by atoms with Crippen molar-refractivity contribution in [1.82, 2.24) is 0 Å². The molecule has 6 nitrogen and oxygen atoms in total. The van der Waals surface area contributed by atoms with Crippen molar-refractivity contribution in [1.29, 1.82) is 0 Å². The van der Waals surface area contributed by atoms with Crippen LogP contribution in [0.2, 0.25) is 0 Å². The fourth-order valence-corrected chi connectivity index (χ4v) is 2.10. The number of para-hydroxylation sites is 1. The summed E-state index contributed by atoms with van der Waals surface area (Å²) in [5.74, 6) is -1.13. The zero-order valence-corrected chi connectivity index (χ0v) is 9.86. The van der Waals surface area contributed by atoms with Crippen molar-refractivity contribution >= 4 is 25.7 Å². The molecule has 92 valence electrons. The van der Waals surface area contributed by atoms with Gasteiger partial charge in [0.05, 0.1) is 0 Å². The van der Waals surface area contributed by atoms with Crippen molar-refractivity contribution in [2.75, 3.05) is 6.61 Å². The first-order valence-corrected chi connectivity index (χ1v) is 6.86. The van der Waals surface area contributed by atoms with E-state index in [4.69, 9.17) is 25.3 Å². The third kappa shape index (κ3) is 2.29. The molecule has 0 bridgehead atoms. The number of benzene rings is 1. The zero-order valence-electron chi connectivity index (χ0n) is 8.29. The predicted molar refractivity (Wildman–Crippen MR) is 58.1 cm³/mol. The third-order valence-corrected chi connectivity index (χ3v) is 3.60. The van der Waals surface area contributed by atoms with Crippen LogP contribution in [0.4, 0.5) is 0 Å². The van der Waals surface area contributed by atoms with Gasteiger partial charge in [-0.25, -0.2) is 13.2 Å². The average Bonchev–Trinajstić information content (AvgIpc) is 2.26. The Morgan fingerprint density at radius 2 is 2.18 bits per heavy atom. The fourth-order valence-electron chi connectivity index (χ4n) is 1.39. The highest BCUT2D eigenvalue weighted by Crippen LogP contribution is 2.36. The molecule has 1 N–H and O–H groups in total. The molecule has 8 heteroatoms. The van der Waals surface area contributed by atoms with E-state index in [1.807, 2.05) is 0 Å². The van der Waals surface area contributed by atoms with E-state index in [9.17, 15) is 13.2 Å². The van der Waals surface area contributed by atoms with Gasteiger partial charge < -0.3 is 14.6 Å². The largest absolute Gasteiger partial charge is 0.484 e. The summed E-state index contributed by atoms with van der Waals surface area (Å²) in [5, 5.41) is 8.89. The predicted octanol–water partition coefficient (Wildman–Crippen LogP) is 1.05. The van der Waals surface area contributed by atoms with Gasteiger partial charge in [0, 0.05) is 10.7 Å². The second kappa shape index (κ2) is 4.08. The van der Waals surface area contributed by atoms with Crippen LogP contribution in [0, 0.1) is 0 Å². The molecule has 17 heavy (non-hydrogen) atoms. The molecule has 1 aliphatic rings. The molecule has 1 heterocycles. The van der Waals surface area contributed by atoms with E-state index in [-0.39, 0.29) is 23.7 Å². The molecule has 2 rings (SSSR count). The van der Waals surface area contributed by atoms with Crippen LogP contribution in [0.5, 0.6) is 11.5 Å². The Kier molecular flexibility index (Phi) is 2.88. The van der Waals surface area contributed by atoms with Crippen molar-refractivity contribution in [3.63, 3.8) is 0 Å². The second-order valence-corrected chi connectivity index (χ2v) is 6.04. The monoisotopic (exact) mass is 278 g/mol. The van der Waals surface area contributed by atoms with Crippen LogP contribution in [0.25, 0.3) is 0 Å². The number of carboxylic acids is 1. The Hall–Kier alpha value is -1.47. The number of carbonyl (C=O) groups is 1. The molecule has 1 aromatic rings. The lowest BCUT2D eigenvalue weighted by Crippen LogP contribution is -2.34. The molecule has 0 spiro atoms. The molecule has 1 atom stereocenters. The maximum atomic E-state index is 11.1. The molecular formula is C9H7ClO6S. The molecule has 0 amide bonds. The minimum absolute atomic E-state index is 0.0107. The highest BCUT2D eigenvalue weighted by molar-refractivity contribution is 8.14. The molecule has 1 aromatic carbocycles. The Labute approximate surface area is 101 Å². The summed E-state index contributed by atoms with van der Waals surface area (Å²) in [6, 6.07) is 4.17. The van der Waals surface area contributed by atoms with Gasteiger partial charge in [0.2, 0.25) is 5.44 Å². The summed E-state index contributed by atoms with van der Waals surface area (Å²) in [4.78, 5) is 10.9. The lowest BCUT2D eigenvalue weighted by Gasteiger charge is -2.25. The van der Waals surface area contributed by atoms with Crippen molar-refractivity contribution in [3.8, 4) is 11.5 Å². The van der Waals surface area contributed by atoms with Gasteiger partial charge in [0.1, 0.15) is 12.2 Å². The topological polar surface area (TPSA) is 89.9 Å². The highest BCUT2D eigenvalue weighted by Gasteiger charge is 2.33. The summed E-state index contributed by atoms with van der Waals surface area (Å²) < 4.78 is 32.3. The maximum Gasteiger partial charge on any atom is 0.339 e. The second-order valence-electron chi connectivity index (χ2n) is 3.27. The molecule has 0 radical (unpaired) electrons. The van der Waals surface area contributed by atoms with Crippen LogP contribution in [-0.4, -0.2) is 31.5 Å². The van der Waals surface area contributed by atoms with Crippen LogP contribution < -0.4 is 9.47 Å². The molecule has 0 fully saturated rings. The van der Waals surface area contributed by atoms with E-state index >= 15 is 0 Å². The summed E-state index contributed by atoms with van der Waals surface area (Å²) in [7, 11) is 1.21. The molecule has 0 aromatic heterocycles. The van der Waals surface area contributed by atoms with Crippen LogP contribution >= 0.6 is 10.7 Å². The molecule has 0 saturated heterocycles. The van der Waals surface area contributed by atoms with E-state index in [1.54, 1.807) is 0 Å². The van der Waals surface area contributed by atoms with Gasteiger partial charge in [-0.3, -0.25) is 0 Å². The number of rotatable bonds is 2. The number of aromatic carboxylic acids is 1. The highest BCUT2D eigenvalue weighted by atomic mass is 35.7. The summed E-state index contributed by atoms with van der Waals surface area (Å²) >= 11 is 0. The first kappa shape index (κ1) is 12.0. The van der Waals surface area contributed by atoms with Gasteiger partial charge in [-0.2, -0.15) is 0 Å². The molecule has 0 aliphatic carbocycles. The lowest BCUT2D eigenvalue weighted by atomic mass is 10.2. The van der Waals surface area contributed by atoms with E-state index in [0.717, 1.165) is 0 Å².